The lowest BCUT2D eigenvalue weighted by molar-refractivity contribution is -0.124. The Labute approximate surface area is 120 Å². The topological polar surface area (TPSA) is 64.3 Å². The summed E-state index contributed by atoms with van der Waals surface area (Å²) in [5.41, 5.74) is 6.03. The standard InChI is InChI=1S/C16H24N2O2/c1-3-12-6-4-5-7-14(12)20-11-10-16(2,15(17)19)18-13-8-9-13/h4-7,13,18H,3,8-11H2,1-2H3,(H2,17,19). The summed E-state index contributed by atoms with van der Waals surface area (Å²) in [6.45, 7) is 4.45. The molecule has 1 fully saturated rings. The molecule has 1 aliphatic rings. The first-order valence-electron chi connectivity index (χ1n) is 7.33. The molecule has 0 radical (unpaired) electrons. The second-order valence-corrected chi connectivity index (χ2v) is 5.67. The molecule has 0 heterocycles. The van der Waals surface area contributed by atoms with Crippen molar-refractivity contribution >= 4 is 5.91 Å². The minimum absolute atomic E-state index is 0.309. The fourth-order valence-corrected chi connectivity index (χ4v) is 2.25. The van der Waals surface area contributed by atoms with E-state index < -0.39 is 5.54 Å². The van der Waals surface area contributed by atoms with Crippen LogP contribution in [0.5, 0.6) is 5.75 Å². The summed E-state index contributed by atoms with van der Waals surface area (Å²) in [7, 11) is 0. The van der Waals surface area contributed by atoms with Crippen LogP contribution in [0.4, 0.5) is 0 Å². The molecule has 0 aliphatic heterocycles. The normalized spacial score (nSPS) is 17.5. The second kappa shape index (κ2) is 6.27. The SMILES string of the molecule is CCc1ccccc1OCCC(C)(NC1CC1)C(N)=O. The van der Waals surface area contributed by atoms with Gasteiger partial charge in [-0.2, -0.15) is 0 Å². The van der Waals surface area contributed by atoms with Crippen molar-refractivity contribution in [2.24, 2.45) is 5.73 Å². The maximum absolute atomic E-state index is 11.7. The maximum atomic E-state index is 11.7. The van der Waals surface area contributed by atoms with Crippen LogP contribution in [0.25, 0.3) is 0 Å². The first-order valence-corrected chi connectivity index (χ1v) is 7.33. The lowest BCUT2D eigenvalue weighted by Gasteiger charge is -2.27. The molecule has 2 rings (SSSR count). The largest absolute Gasteiger partial charge is 0.493 e. The van der Waals surface area contributed by atoms with Crippen LogP contribution in [0.3, 0.4) is 0 Å². The lowest BCUT2D eigenvalue weighted by atomic mass is 9.97. The average Bonchev–Trinajstić information content (AvgIpc) is 3.23. The molecule has 1 aliphatic carbocycles. The molecule has 0 bridgehead atoms. The van der Waals surface area contributed by atoms with Crippen LogP contribution < -0.4 is 15.8 Å². The molecule has 110 valence electrons. The van der Waals surface area contributed by atoms with Crippen molar-refractivity contribution in [3.8, 4) is 5.75 Å². The van der Waals surface area contributed by atoms with E-state index in [0.29, 0.717) is 19.1 Å². The summed E-state index contributed by atoms with van der Waals surface area (Å²) in [4.78, 5) is 11.7. The Morgan fingerprint density at radius 2 is 2.15 bits per heavy atom. The van der Waals surface area contributed by atoms with Crippen LogP contribution in [-0.4, -0.2) is 24.1 Å². The predicted octanol–water partition coefficient (Wildman–Crippen LogP) is 2.01. The number of aryl methyl sites for hydroxylation is 1. The number of primary amides is 1. The quantitative estimate of drug-likeness (QED) is 0.763. The Hall–Kier alpha value is -1.55. The van der Waals surface area contributed by atoms with E-state index in [1.165, 1.54) is 5.56 Å². The second-order valence-electron chi connectivity index (χ2n) is 5.67. The van der Waals surface area contributed by atoms with Crippen molar-refractivity contribution in [2.45, 2.75) is 51.1 Å². The van der Waals surface area contributed by atoms with Gasteiger partial charge in [-0.15, -0.1) is 0 Å². The first kappa shape index (κ1) is 14.9. The molecule has 1 aromatic rings. The van der Waals surface area contributed by atoms with Crippen molar-refractivity contribution in [3.05, 3.63) is 29.8 Å². The van der Waals surface area contributed by atoms with Gasteiger partial charge in [0.25, 0.3) is 0 Å². The third-order valence-corrected chi connectivity index (χ3v) is 3.86. The van der Waals surface area contributed by atoms with Gasteiger partial charge in [-0.25, -0.2) is 0 Å². The van der Waals surface area contributed by atoms with E-state index in [4.69, 9.17) is 10.5 Å². The van der Waals surface area contributed by atoms with E-state index in [1.54, 1.807) is 0 Å². The van der Waals surface area contributed by atoms with Crippen molar-refractivity contribution in [1.29, 1.82) is 0 Å². The zero-order valence-corrected chi connectivity index (χ0v) is 12.3. The summed E-state index contributed by atoms with van der Waals surface area (Å²) >= 11 is 0. The van der Waals surface area contributed by atoms with Crippen molar-refractivity contribution in [2.75, 3.05) is 6.61 Å². The summed E-state index contributed by atoms with van der Waals surface area (Å²) in [5.74, 6) is 0.588. The van der Waals surface area contributed by atoms with E-state index >= 15 is 0 Å². The van der Waals surface area contributed by atoms with Crippen molar-refractivity contribution in [1.82, 2.24) is 5.32 Å². The van der Waals surface area contributed by atoms with E-state index in [-0.39, 0.29) is 5.91 Å². The number of carbonyl (C=O) groups excluding carboxylic acids is 1. The minimum atomic E-state index is -0.678. The van der Waals surface area contributed by atoms with Crippen LogP contribution in [0.2, 0.25) is 0 Å². The van der Waals surface area contributed by atoms with Crippen molar-refractivity contribution < 1.29 is 9.53 Å². The molecule has 0 aromatic heterocycles. The van der Waals surface area contributed by atoms with Gasteiger partial charge in [0.15, 0.2) is 0 Å². The Morgan fingerprint density at radius 1 is 1.45 bits per heavy atom. The number of benzene rings is 1. The van der Waals surface area contributed by atoms with Gasteiger partial charge in [0.1, 0.15) is 5.75 Å². The van der Waals surface area contributed by atoms with E-state index in [1.807, 2.05) is 25.1 Å². The van der Waals surface area contributed by atoms with Gasteiger partial charge in [0.05, 0.1) is 12.1 Å². The fraction of sp³-hybridized carbons (Fsp3) is 0.562. The van der Waals surface area contributed by atoms with Crippen LogP contribution in [0, 0.1) is 0 Å². The summed E-state index contributed by atoms with van der Waals surface area (Å²) in [6.07, 6.45) is 3.77. The molecule has 20 heavy (non-hydrogen) atoms. The first-order chi connectivity index (χ1) is 9.55. The van der Waals surface area contributed by atoms with Gasteiger partial charge in [0.2, 0.25) is 5.91 Å². The number of ether oxygens (including phenoxy) is 1. The van der Waals surface area contributed by atoms with Crippen LogP contribution in [0.15, 0.2) is 24.3 Å². The Bertz CT molecular complexity index is 471. The highest BCUT2D eigenvalue weighted by molar-refractivity contribution is 5.84. The number of hydrogen-bond acceptors (Lipinski definition) is 3. The Balaban J connectivity index is 1.91. The molecular formula is C16H24N2O2. The molecule has 0 spiro atoms. The third kappa shape index (κ3) is 3.73. The molecule has 0 saturated heterocycles. The maximum Gasteiger partial charge on any atom is 0.237 e. The van der Waals surface area contributed by atoms with Gasteiger partial charge in [-0.05, 0) is 37.8 Å². The van der Waals surface area contributed by atoms with Gasteiger partial charge in [-0.1, -0.05) is 25.1 Å². The summed E-state index contributed by atoms with van der Waals surface area (Å²) < 4.78 is 5.83. The lowest BCUT2D eigenvalue weighted by Crippen LogP contribution is -2.54. The van der Waals surface area contributed by atoms with E-state index in [9.17, 15) is 4.79 Å². The number of rotatable bonds is 8. The zero-order chi connectivity index (χ0) is 14.6. The van der Waals surface area contributed by atoms with Crippen LogP contribution in [0.1, 0.15) is 38.7 Å². The monoisotopic (exact) mass is 276 g/mol. The number of nitrogens with two attached hydrogens (primary N) is 1. The average molecular weight is 276 g/mol. The number of hydrogen-bond donors (Lipinski definition) is 2. The summed E-state index contributed by atoms with van der Waals surface area (Å²) in [5, 5.41) is 3.33. The van der Waals surface area contributed by atoms with Gasteiger partial charge in [0, 0.05) is 12.5 Å². The highest BCUT2D eigenvalue weighted by Gasteiger charge is 2.36. The molecular weight excluding hydrogens is 252 g/mol. The molecule has 1 unspecified atom stereocenters. The Kier molecular flexibility index (Phi) is 4.65. The van der Waals surface area contributed by atoms with E-state index in [0.717, 1.165) is 25.0 Å². The molecule has 3 N–H and O–H groups in total. The Morgan fingerprint density at radius 3 is 2.75 bits per heavy atom. The highest BCUT2D eigenvalue weighted by Crippen LogP contribution is 2.25. The van der Waals surface area contributed by atoms with E-state index in [2.05, 4.69) is 18.3 Å². The fourth-order valence-electron chi connectivity index (χ4n) is 2.25. The number of nitrogens with one attached hydrogen (secondary N) is 1. The predicted molar refractivity (Wildman–Crippen MR) is 79.7 cm³/mol. The van der Waals surface area contributed by atoms with Crippen LogP contribution >= 0.6 is 0 Å². The molecule has 1 aromatic carbocycles. The van der Waals surface area contributed by atoms with Crippen molar-refractivity contribution in [3.63, 3.8) is 0 Å². The number of carbonyl (C=O) groups is 1. The van der Waals surface area contributed by atoms with Gasteiger partial charge < -0.3 is 15.8 Å². The van der Waals surface area contributed by atoms with Gasteiger partial charge >= 0.3 is 0 Å². The molecule has 1 saturated carbocycles. The molecule has 4 nitrogen and oxygen atoms in total. The zero-order valence-electron chi connectivity index (χ0n) is 12.3. The number of amides is 1. The third-order valence-electron chi connectivity index (χ3n) is 3.86. The van der Waals surface area contributed by atoms with Crippen LogP contribution in [-0.2, 0) is 11.2 Å². The molecule has 1 amide bonds. The summed E-state index contributed by atoms with van der Waals surface area (Å²) in [6, 6.07) is 8.44. The number of para-hydroxylation sites is 1. The molecule has 4 heteroatoms. The smallest absolute Gasteiger partial charge is 0.237 e. The minimum Gasteiger partial charge on any atom is -0.493 e. The molecule has 1 atom stereocenters. The van der Waals surface area contributed by atoms with Gasteiger partial charge in [-0.3, -0.25) is 4.79 Å². The highest BCUT2D eigenvalue weighted by atomic mass is 16.5.